The van der Waals surface area contributed by atoms with Crippen molar-refractivity contribution in [1.82, 2.24) is 10.2 Å². The fourth-order valence-electron chi connectivity index (χ4n) is 1.54. The summed E-state index contributed by atoms with van der Waals surface area (Å²) in [6.07, 6.45) is 2.17. The zero-order valence-corrected chi connectivity index (χ0v) is 8.97. The summed E-state index contributed by atoms with van der Waals surface area (Å²) in [6, 6.07) is 0. The van der Waals surface area contributed by atoms with E-state index in [-0.39, 0.29) is 5.37 Å². The largest absolute Gasteiger partial charge is 0.313 e. The van der Waals surface area contributed by atoms with E-state index < -0.39 is 9.84 Å². The van der Waals surface area contributed by atoms with Gasteiger partial charge in [0.25, 0.3) is 0 Å². The molecule has 1 unspecified atom stereocenters. The molecule has 1 aliphatic heterocycles. The van der Waals surface area contributed by atoms with Crippen molar-refractivity contribution in [3.63, 3.8) is 0 Å². The van der Waals surface area contributed by atoms with Gasteiger partial charge in [0, 0.05) is 32.4 Å². The first-order chi connectivity index (χ1) is 6.05. The summed E-state index contributed by atoms with van der Waals surface area (Å²) in [6.45, 7) is 6.16. The molecule has 1 fully saturated rings. The Bertz CT molecular complexity index is 249. The molecule has 1 N–H and O–H groups in total. The van der Waals surface area contributed by atoms with Crippen molar-refractivity contribution in [2.75, 3.05) is 25.9 Å². The maximum absolute atomic E-state index is 11.4. The van der Waals surface area contributed by atoms with Crippen molar-refractivity contribution < 1.29 is 8.42 Å². The summed E-state index contributed by atoms with van der Waals surface area (Å²) < 4.78 is 22.7. The molecule has 0 amide bonds. The van der Waals surface area contributed by atoms with E-state index in [0.29, 0.717) is 6.54 Å². The summed E-state index contributed by atoms with van der Waals surface area (Å²) in [4.78, 5) is 1.92. The minimum atomic E-state index is -2.97. The lowest BCUT2D eigenvalue weighted by molar-refractivity contribution is 0.252. The smallest absolute Gasteiger partial charge is 0.164 e. The van der Waals surface area contributed by atoms with E-state index in [1.807, 2.05) is 18.4 Å². The van der Waals surface area contributed by atoms with Gasteiger partial charge in [-0.05, 0) is 6.42 Å². The van der Waals surface area contributed by atoms with Gasteiger partial charge in [0.05, 0.1) is 0 Å². The molecule has 4 nitrogen and oxygen atoms in total. The molecule has 0 aromatic heterocycles. The van der Waals surface area contributed by atoms with Gasteiger partial charge in [-0.1, -0.05) is 6.92 Å². The van der Waals surface area contributed by atoms with Gasteiger partial charge in [0.15, 0.2) is 9.84 Å². The molecule has 1 heterocycles. The van der Waals surface area contributed by atoms with Gasteiger partial charge in [0.2, 0.25) is 0 Å². The molecule has 1 atom stereocenters. The van der Waals surface area contributed by atoms with Gasteiger partial charge in [-0.2, -0.15) is 0 Å². The van der Waals surface area contributed by atoms with Crippen molar-refractivity contribution in [2.24, 2.45) is 0 Å². The molecule has 0 aromatic carbocycles. The number of sulfone groups is 1. The van der Waals surface area contributed by atoms with E-state index in [9.17, 15) is 8.42 Å². The number of piperazine rings is 1. The van der Waals surface area contributed by atoms with Gasteiger partial charge in [-0.25, -0.2) is 8.42 Å². The van der Waals surface area contributed by atoms with E-state index in [4.69, 9.17) is 0 Å². The molecule has 0 saturated carbocycles. The fourth-order valence-corrected chi connectivity index (χ4v) is 2.64. The highest BCUT2D eigenvalue weighted by atomic mass is 32.2. The molecule has 77 valence electrons. The van der Waals surface area contributed by atoms with Gasteiger partial charge in [-0.3, -0.25) is 4.90 Å². The van der Waals surface area contributed by atoms with Crippen molar-refractivity contribution >= 4 is 9.84 Å². The van der Waals surface area contributed by atoms with Crippen molar-refractivity contribution in [2.45, 2.75) is 18.7 Å². The highest BCUT2D eigenvalue weighted by Gasteiger charge is 2.29. The molecule has 13 heavy (non-hydrogen) atoms. The lowest BCUT2D eigenvalue weighted by Crippen LogP contribution is -2.53. The van der Waals surface area contributed by atoms with Gasteiger partial charge in [-0.15, -0.1) is 0 Å². The molecular weight excluding hydrogens is 188 g/mol. The summed E-state index contributed by atoms with van der Waals surface area (Å²) in [5.41, 5.74) is 0. The summed E-state index contributed by atoms with van der Waals surface area (Å²) in [5.74, 6) is 0. The van der Waals surface area contributed by atoms with Crippen LogP contribution < -0.4 is 5.32 Å². The fraction of sp³-hybridized carbons (Fsp3) is 0.875. The zero-order valence-electron chi connectivity index (χ0n) is 8.16. The average molecular weight is 205 g/mol. The number of nitrogens with zero attached hydrogens (tertiary/aromatic N) is 1. The zero-order chi connectivity index (χ0) is 9.90. The molecule has 1 radical (unpaired) electrons. The van der Waals surface area contributed by atoms with Crippen LogP contribution in [0.4, 0.5) is 0 Å². The third-order valence-corrected chi connectivity index (χ3v) is 3.57. The minimum absolute atomic E-state index is 0.374. The van der Waals surface area contributed by atoms with Crippen LogP contribution >= 0.6 is 0 Å². The van der Waals surface area contributed by atoms with Crippen molar-refractivity contribution in [3.8, 4) is 0 Å². The molecule has 0 bridgehead atoms. The Labute approximate surface area is 80.2 Å². The van der Waals surface area contributed by atoms with Crippen LogP contribution in [0.5, 0.6) is 0 Å². The number of rotatable bonds is 3. The van der Waals surface area contributed by atoms with E-state index in [1.54, 1.807) is 0 Å². The maximum Gasteiger partial charge on any atom is 0.164 e. The second-order valence-electron chi connectivity index (χ2n) is 3.32. The predicted molar refractivity (Wildman–Crippen MR) is 52.8 cm³/mol. The quantitative estimate of drug-likeness (QED) is 0.695. The second-order valence-corrected chi connectivity index (χ2v) is 5.52. The Balaban J connectivity index is 2.67. The Hall–Kier alpha value is -0.130. The monoisotopic (exact) mass is 205 g/mol. The molecule has 5 heteroatoms. The Morgan fingerprint density at radius 2 is 2.31 bits per heavy atom. The standard InChI is InChI=1S/C8H17N2O2S/c1-3-5-10-6-4-9-7-8(10)13(2,11)12/h5,8-9H,3-4,6-7H2,1-2H3. The third-order valence-electron chi connectivity index (χ3n) is 2.15. The Kier molecular flexibility index (Phi) is 3.70. The highest BCUT2D eigenvalue weighted by molar-refractivity contribution is 7.91. The molecular formula is C8H17N2O2S. The van der Waals surface area contributed by atoms with Crippen LogP contribution in [0.1, 0.15) is 13.3 Å². The molecule has 1 rings (SSSR count). The first kappa shape index (κ1) is 10.9. The normalized spacial score (nSPS) is 26.2. The minimum Gasteiger partial charge on any atom is -0.313 e. The number of nitrogens with one attached hydrogen (secondary N) is 1. The third kappa shape index (κ3) is 2.93. The predicted octanol–water partition coefficient (Wildman–Crippen LogP) is -0.166. The molecule has 1 saturated heterocycles. The van der Waals surface area contributed by atoms with E-state index in [0.717, 1.165) is 19.5 Å². The Morgan fingerprint density at radius 1 is 1.62 bits per heavy atom. The van der Waals surface area contributed by atoms with Crippen LogP contribution in [0.25, 0.3) is 0 Å². The molecule has 0 spiro atoms. The Morgan fingerprint density at radius 3 is 2.85 bits per heavy atom. The van der Waals surface area contributed by atoms with Crippen LogP contribution in [0.15, 0.2) is 0 Å². The van der Waals surface area contributed by atoms with Gasteiger partial charge >= 0.3 is 0 Å². The van der Waals surface area contributed by atoms with Crippen LogP contribution in [0.3, 0.4) is 0 Å². The second kappa shape index (κ2) is 4.39. The summed E-state index contributed by atoms with van der Waals surface area (Å²) >= 11 is 0. The van der Waals surface area contributed by atoms with Crippen LogP contribution in [0, 0.1) is 6.54 Å². The number of hydrogen-bond donors (Lipinski definition) is 1. The van der Waals surface area contributed by atoms with Crippen molar-refractivity contribution in [3.05, 3.63) is 6.54 Å². The number of hydrogen-bond acceptors (Lipinski definition) is 4. The first-order valence-electron chi connectivity index (χ1n) is 4.54. The topological polar surface area (TPSA) is 49.4 Å². The van der Waals surface area contributed by atoms with E-state index >= 15 is 0 Å². The van der Waals surface area contributed by atoms with Gasteiger partial charge < -0.3 is 5.32 Å². The van der Waals surface area contributed by atoms with Crippen LogP contribution in [-0.4, -0.2) is 44.6 Å². The maximum atomic E-state index is 11.4. The van der Waals surface area contributed by atoms with Gasteiger partial charge in [0.1, 0.15) is 5.37 Å². The van der Waals surface area contributed by atoms with Crippen molar-refractivity contribution in [1.29, 1.82) is 0 Å². The van der Waals surface area contributed by atoms with Crippen LogP contribution in [-0.2, 0) is 9.84 Å². The van der Waals surface area contributed by atoms with Crippen LogP contribution in [0.2, 0.25) is 0 Å². The van der Waals surface area contributed by atoms with E-state index in [2.05, 4.69) is 5.32 Å². The average Bonchev–Trinajstić information content (AvgIpc) is 2.04. The molecule has 0 aliphatic carbocycles. The molecule has 0 aromatic rings. The summed E-state index contributed by atoms with van der Waals surface area (Å²) in [5, 5.41) is 2.72. The summed E-state index contributed by atoms with van der Waals surface area (Å²) in [7, 11) is -2.97. The lowest BCUT2D eigenvalue weighted by Gasteiger charge is -2.34. The SMILES string of the molecule is CC[CH]N1CCNCC1S(C)(=O)=O. The first-order valence-corrected chi connectivity index (χ1v) is 6.50. The molecule has 1 aliphatic rings. The van der Waals surface area contributed by atoms with E-state index in [1.165, 1.54) is 6.26 Å². The lowest BCUT2D eigenvalue weighted by atomic mass is 10.3. The highest BCUT2D eigenvalue weighted by Crippen LogP contribution is 2.12.